The quantitative estimate of drug-likeness (QED) is 0.0864. The molecule has 206 valence electrons. The summed E-state index contributed by atoms with van der Waals surface area (Å²) in [7, 11) is 0. The largest absolute Gasteiger partial charge is 0.426 e. The smallest absolute Gasteiger partial charge is 0.320 e. The first-order valence-corrected chi connectivity index (χ1v) is 12.1. The van der Waals surface area contributed by atoms with Crippen LogP contribution in [0.2, 0.25) is 0 Å². The number of nitrogens with two attached hydrogens (primary N) is 2. The van der Waals surface area contributed by atoms with Crippen LogP contribution in [-0.4, -0.2) is 56.0 Å². The highest BCUT2D eigenvalue weighted by Gasteiger charge is 2.18. The van der Waals surface area contributed by atoms with E-state index in [0.29, 0.717) is 38.3 Å². The molecule has 5 N–H and O–H groups in total. The van der Waals surface area contributed by atoms with Gasteiger partial charge in [-0.2, -0.15) is 0 Å². The SMILES string of the molecule is Cl.Cl.Cl.NCCCNCCCCN(CCCN)C(=O)CC(=O)Oc1ccc2ccc3ccccc3c2c1. The molecule has 0 atom stereocenters. The normalized spacial score (nSPS) is 10.2. The van der Waals surface area contributed by atoms with Crippen molar-refractivity contribution in [3.05, 3.63) is 54.6 Å². The number of carbonyl (C=O) groups is 2. The Bertz CT molecular complexity index is 1100. The second-order valence-corrected chi connectivity index (χ2v) is 8.44. The molecule has 10 heteroatoms. The van der Waals surface area contributed by atoms with E-state index in [1.54, 1.807) is 11.0 Å². The topological polar surface area (TPSA) is 111 Å². The van der Waals surface area contributed by atoms with Gasteiger partial charge >= 0.3 is 5.97 Å². The third-order valence-corrected chi connectivity index (χ3v) is 5.82. The molecule has 0 radical (unpaired) electrons. The lowest BCUT2D eigenvalue weighted by atomic mass is 10.0. The number of ether oxygens (including phenoxy) is 1. The van der Waals surface area contributed by atoms with E-state index < -0.39 is 5.97 Å². The maximum atomic E-state index is 12.8. The summed E-state index contributed by atoms with van der Waals surface area (Å²) in [6.45, 7) is 4.12. The second kappa shape index (κ2) is 19.0. The molecule has 0 unspecified atom stereocenters. The Labute approximate surface area is 237 Å². The minimum Gasteiger partial charge on any atom is -0.426 e. The van der Waals surface area contributed by atoms with Gasteiger partial charge in [0.2, 0.25) is 5.91 Å². The summed E-state index contributed by atoms with van der Waals surface area (Å²) in [6.07, 6.45) is 3.18. The Morgan fingerprint density at radius 1 is 0.757 bits per heavy atom. The molecule has 0 heterocycles. The van der Waals surface area contributed by atoms with Gasteiger partial charge in [0.05, 0.1) is 0 Å². The molecule has 0 aliphatic carbocycles. The minimum absolute atomic E-state index is 0. The van der Waals surface area contributed by atoms with E-state index in [9.17, 15) is 9.59 Å². The summed E-state index contributed by atoms with van der Waals surface area (Å²) in [5.74, 6) is -0.328. The third-order valence-electron chi connectivity index (χ3n) is 5.82. The molecule has 0 fully saturated rings. The lowest BCUT2D eigenvalue weighted by molar-refractivity contribution is -0.142. The van der Waals surface area contributed by atoms with Crippen LogP contribution in [0.15, 0.2) is 54.6 Å². The molecule has 1 amide bonds. The van der Waals surface area contributed by atoms with E-state index in [4.69, 9.17) is 16.2 Å². The number of rotatable bonds is 14. The van der Waals surface area contributed by atoms with Gasteiger partial charge in [0, 0.05) is 13.1 Å². The zero-order chi connectivity index (χ0) is 24.2. The molecular formula is C27H39Cl3N4O3. The number of nitrogens with zero attached hydrogens (tertiary/aromatic N) is 1. The van der Waals surface area contributed by atoms with Crippen molar-refractivity contribution in [2.75, 3.05) is 39.3 Å². The first-order valence-electron chi connectivity index (χ1n) is 12.1. The van der Waals surface area contributed by atoms with Gasteiger partial charge in [0.15, 0.2) is 0 Å². The number of amides is 1. The van der Waals surface area contributed by atoms with Crippen LogP contribution in [0, 0.1) is 0 Å². The highest BCUT2D eigenvalue weighted by Crippen LogP contribution is 2.28. The van der Waals surface area contributed by atoms with E-state index >= 15 is 0 Å². The minimum atomic E-state index is -0.550. The average Bonchev–Trinajstić information content (AvgIpc) is 2.85. The summed E-state index contributed by atoms with van der Waals surface area (Å²) in [4.78, 5) is 27.1. The number of carbonyl (C=O) groups excluding carboxylic acids is 2. The number of fused-ring (bicyclic) bond motifs is 3. The fourth-order valence-corrected chi connectivity index (χ4v) is 4.00. The van der Waals surface area contributed by atoms with Crippen molar-refractivity contribution in [2.24, 2.45) is 11.5 Å². The van der Waals surface area contributed by atoms with Gasteiger partial charge in [-0.25, -0.2) is 0 Å². The summed E-state index contributed by atoms with van der Waals surface area (Å²) in [5.41, 5.74) is 11.1. The number of nitrogens with one attached hydrogen (secondary N) is 1. The van der Waals surface area contributed by atoms with Crippen LogP contribution in [0.4, 0.5) is 0 Å². The number of unbranched alkanes of at least 4 members (excludes halogenated alkanes) is 1. The summed E-state index contributed by atoms with van der Waals surface area (Å²) < 4.78 is 5.55. The second-order valence-electron chi connectivity index (χ2n) is 8.44. The molecular weight excluding hydrogens is 535 g/mol. The Balaban J connectivity index is 0.00000432. The van der Waals surface area contributed by atoms with E-state index in [1.807, 2.05) is 24.3 Å². The standard InChI is InChI=1S/C27H36N4O3.3ClH/c28-13-5-16-30-15-3-4-17-31(18-6-14-29)26(32)20-27(33)34-23-12-11-22-10-9-21-7-1-2-8-24(21)25(22)19-23;;;/h1-2,7-12,19,30H,3-6,13-18,20,28-29H2;3*1H. The molecule has 0 aromatic heterocycles. The van der Waals surface area contributed by atoms with Crippen LogP contribution in [-0.2, 0) is 9.59 Å². The Morgan fingerprint density at radius 3 is 2.11 bits per heavy atom. The number of halogens is 3. The first-order chi connectivity index (χ1) is 16.6. The van der Waals surface area contributed by atoms with E-state index in [-0.39, 0.29) is 49.5 Å². The van der Waals surface area contributed by atoms with E-state index in [2.05, 4.69) is 29.6 Å². The van der Waals surface area contributed by atoms with Crippen LogP contribution in [0.25, 0.3) is 21.5 Å². The van der Waals surface area contributed by atoms with E-state index in [1.165, 1.54) is 0 Å². The Hall–Kier alpha value is -2.13. The molecule has 3 aromatic carbocycles. The number of benzene rings is 3. The molecule has 0 aliphatic rings. The number of hydrogen-bond acceptors (Lipinski definition) is 6. The van der Waals surface area contributed by atoms with Gasteiger partial charge in [0.25, 0.3) is 0 Å². The van der Waals surface area contributed by atoms with Crippen molar-refractivity contribution in [1.29, 1.82) is 0 Å². The maximum absolute atomic E-state index is 12.8. The van der Waals surface area contributed by atoms with Crippen LogP contribution >= 0.6 is 37.2 Å². The predicted molar refractivity (Wildman–Crippen MR) is 159 cm³/mol. The molecule has 3 aromatic rings. The Kier molecular flexibility index (Phi) is 17.9. The summed E-state index contributed by atoms with van der Waals surface area (Å²) >= 11 is 0. The molecule has 7 nitrogen and oxygen atoms in total. The van der Waals surface area contributed by atoms with Gasteiger partial charge in [-0.05, 0) is 85.5 Å². The van der Waals surface area contributed by atoms with Crippen molar-refractivity contribution in [1.82, 2.24) is 10.2 Å². The maximum Gasteiger partial charge on any atom is 0.320 e. The van der Waals surface area contributed by atoms with Crippen molar-refractivity contribution in [2.45, 2.75) is 32.1 Å². The van der Waals surface area contributed by atoms with Gasteiger partial charge < -0.3 is 26.4 Å². The molecule has 0 saturated heterocycles. The molecule has 0 bridgehead atoms. The van der Waals surface area contributed by atoms with Gasteiger partial charge in [-0.3, -0.25) is 9.59 Å². The highest BCUT2D eigenvalue weighted by atomic mass is 35.5. The van der Waals surface area contributed by atoms with Gasteiger partial charge in [-0.15, -0.1) is 37.2 Å². The summed E-state index contributed by atoms with van der Waals surface area (Å²) in [5, 5.41) is 7.64. The van der Waals surface area contributed by atoms with Crippen molar-refractivity contribution < 1.29 is 14.3 Å². The van der Waals surface area contributed by atoms with Crippen molar-refractivity contribution in [3.8, 4) is 5.75 Å². The fraction of sp³-hybridized carbons (Fsp3) is 0.407. The zero-order valence-electron chi connectivity index (χ0n) is 21.0. The third kappa shape index (κ3) is 11.0. The predicted octanol–water partition coefficient (Wildman–Crippen LogP) is 4.45. The molecule has 0 aliphatic heterocycles. The van der Waals surface area contributed by atoms with E-state index in [0.717, 1.165) is 53.9 Å². The monoisotopic (exact) mass is 572 g/mol. The van der Waals surface area contributed by atoms with Crippen LogP contribution < -0.4 is 21.5 Å². The molecule has 3 rings (SSSR count). The van der Waals surface area contributed by atoms with Crippen LogP contribution in [0.3, 0.4) is 0 Å². The number of esters is 1. The highest BCUT2D eigenvalue weighted by molar-refractivity contribution is 6.08. The van der Waals surface area contributed by atoms with Gasteiger partial charge in [0.1, 0.15) is 12.2 Å². The van der Waals surface area contributed by atoms with Crippen LogP contribution in [0.5, 0.6) is 5.75 Å². The molecule has 37 heavy (non-hydrogen) atoms. The zero-order valence-corrected chi connectivity index (χ0v) is 23.5. The first kappa shape index (κ1) is 34.9. The molecule has 0 spiro atoms. The summed E-state index contributed by atoms with van der Waals surface area (Å²) in [6, 6.07) is 17.8. The number of hydrogen-bond donors (Lipinski definition) is 3. The van der Waals surface area contributed by atoms with Crippen LogP contribution in [0.1, 0.15) is 32.1 Å². The van der Waals surface area contributed by atoms with Crippen molar-refractivity contribution in [3.63, 3.8) is 0 Å². The lowest BCUT2D eigenvalue weighted by Gasteiger charge is -2.22. The fourth-order valence-electron chi connectivity index (χ4n) is 4.00. The van der Waals surface area contributed by atoms with Crippen molar-refractivity contribution >= 4 is 70.6 Å². The average molecular weight is 574 g/mol. The van der Waals surface area contributed by atoms with Gasteiger partial charge in [-0.1, -0.05) is 42.5 Å². The Morgan fingerprint density at radius 2 is 1.38 bits per heavy atom. The molecule has 0 saturated carbocycles. The lowest BCUT2D eigenvalue weighted by Crippen LogP contribution is -2.36.